The second-order valence-corrected chi connectivity index (χ2v) is 8.78. The molecule has 0 aliphatic heterocycles. The number of anilines is 1. The summed E-state index contributed by atoms with van der Waals surface area (Å²) in [4.78, 5) is 29.4. The van der Waals surface area contributed by atoms with E-state index < -0.39 is 9.84 Å². The molecule has 0 spiro atoms. The van der Waals surface area contributed by atoms with Crippen molar-refractivity contribution >= 4 is 32.3 Å². The van der Waals surface area contributed by atoms with Crippen LogP contribution in [0.15, 0.2) is 52.4 Å². The minimum atomic E-state index is -3.37. The summed E-state index contributed by atoms with van der Waals surface area (Å²) in [6.45, 7) is 3.84. The van der Waals surface area contributed by atoms with Crippen molar-refractivity contribution in [2.24, 2.45) is 0 Å². The minimum Gasteiger partial charge on any atom is -0.326 e. The van der Waals surface area contributed by atoms with Gasteiger partial charge in [0.05, 0.1) is 22.1 Å². The Morgan fingerprint density at radius 3 is 2.61 bits per heavy atom. The van der Waals surface area contributed by atoms with Crippen molar-refractivity contribution in [3.8, 4) is 0 Å². The fourth-order valence-electron chi connectivity index (χ4n) is 2.90. The molecule has 0 atom stereocenters. The molecule has 1 N–H and O–H groups in total. The maximum Gasteiger partial charge on any atom is 0.261 e. The second-order valence-electron chi connectivity index (χ2n) is 6.76. The van der Waals surface area contributed by atoms with Crippen LogP contribution in [0.3, 0.4) is 0 Å². The number of aromatic nitrogens is 2. The lowest BCUT2D eigenvalue weighted by Crippen LogP contribution is -2.24. The summed E-state index contributed by atoms with van der Waals surface area (Å²) in [5, 5.41) is 3.23. The van der Waals surface area contributed by atoms with Gasteiger partial charge in [0.1, 0.15) is 0 Å². The van der Waals surface area contributed by atoms with Gasteiger partial charge in [-0.05, 0) is 43.2 Å². The SMILES string of the molecule is Cc1ccc(S(C)(=O)=O)cc1NC(=O)CCn1cnc2c(C)cccc2c1=O. The third-order valence-electron chi connectivity index (χ3n) is 4.55. The van der Waals surface area contributed by atoms with E-state index in [0.29, 0.717) is 16.6 Å². The molecule has 0 unspecified atom stereocenters. The summed E-state index contributed by atoms with van der Waals surface area (Å²) in [6.07, 6.45) is 2.62. The summed E-state index contributed by atoms with van der Waals surface area (Å²) in [5.74, 6) is -0.315. The molecule has 0 radical (unpaired) electrons. The van der Waals surface area contributed by atoms with Crippen molar-refractivity contribution in [2.75, 3.05) is 11.6 Å². The van der Waals surface area contributed by atoms with Crippen LogP contribution in [0.5, 0.6) is 0 Å². The molecule has 0 fully saturated rings. The van der Waals surface area contributed by atoms with Gasteiger partial charge in [-0.3, -0.25) is 14.2 Å². The Balaban J connectivity index is 1.76. The van der Waals surface area contributed by atoms with Crippen LogP contribution in [0.4, 0.5) is 5.69 Å². The van der Waals surface area contributed by atoms with Crippen molar-refractivity contribution in [3.63, 3.8) is 0 Å². The van der Waals surface area contributed by atoms with Crippen LogP contribution in [0.1, 0.15) is 17.5 Å². The van der Waals surface area contributed by atoms with Gasteiger partial charge in [0.2, 0.25) is 5.91 Å². The van der Waals surface area contributed by atoms with Crippen molar-refractivity contribution < 1.29 is 13.2 Å². The molecule has 1 amide bonds. The zero-order valence-electron chi connectivity index (χ0n) is 15.9. The molecule has 7 nitrogen and oxygen atoms in total. The Hall–Kier alpha value is -3.00. The molecule has 3 rings (SSSR count). The van der Waals surface area contributed by atoms with Gasteiger partial charge < -0.3 is 5.32 Å². The lowest BCUT2D eigenvalue weighted by Gasteiger charge is -2.11. The third kappa shape index (κ3) is 4.12. The number of benzene rings is 2. The Bertz CT molecular complexity index is 1230. The summed E-state index contributed by atoms with van der Waals surface area (Å²) < 4.78 is 24.8. The van der Waals surface area contributed by atoms with Gasteiger partial charge in [-0.25, -0.2) is 13.4 Å². The van der Waals surface area contributed by atoms with Crippen LogP contribution < -0.4 is 10.9 Å². The average molecular weight is 399 g/mol. The number of hydrogen-bond acceptors (Lipinski definition) is 5. The summed E-state index contributed by atoms with van der Waals surface area (Å²) in [7, 11) is -3.37. The van der Waals surface area contributed by atoms with Gasteiger partial charge in [-0.15, -0.1) is 0 Å². The van der Waals surface area contributed by atoms with E-state index in [1.807, 2.05) is 13.0 Å². The van der Waals surface area contributed by atoms with Crippen LogP contribution in [0, 0.1) is 13.8 Å². The normalized spacial score (nSPS) is 11.5. The summed E-state index contributed by atoms with van der Waals surface area (Å²) in [6, 6.07) is 9.99. The number of para-hydroxylation sites is 1. The standard InChI is InChI=1S/C20H21N3O4S/c1-13-7-8-15(28(3,26)27)11-17(13)22-18(24)9-10-23-12-21-19-14(2)5-4-6-16(19)20(23)25/h4-8,11-12H,9-10H2,1-3H3,(H,22,24). The molecule has 2 aromatic carbocycles. The highest BCUT2D eigenvalue weighted by atomic mass is 32.2. The van der Waals surface area contributed by atoms with Gasteiger partial charge in [-0.2, -0.15) is 0 Å². The van der Waals surface area contributed by atoms with E-state index in [1.54, 1.807) is 25.1 Å². The molecule has 146 valence electrons. The highest BCUT2D eigenvalue weighted by Gasteiger charge is 2.12. The number of rotatable bonds is 5. The molecule has 0 saturated carbocycles. The Labute approximate surface area is 163 Å². The smallest absolute Gasteiger partial charge is 0.261 e. The van der Waals surface area contributed by atoms with Crippen molar-refractivity contribution in [2.45, 2.75) is 31.7 Å². The molecule has 0 bridgehead atoms. The van der Waals surface area contributed by atoms with Crippen LogP contribution in [0.25, 0.3) is 10.9 Å². The lowest BCUT2D eigenvalue weighted by molar-refractivity contribution is -0.116. The predicted octanol–water partition coefficient (Wildman–Crippen LogP) is 2.45. The quantitative estimate of drug-likeness (QED) is 0.711. The fourth-order valence-corrected chi connectivity index (χ4v) is 3.55. The number of aryl methyl sites for hydroxylation is 3. The number of carbonyl (C=O) groups excluding carboxylic acids is 1. The molecule has 0 saturated heterocycles. The van der Waals surface area contributed by atoms with E-state index in [1.165, 1.54) is 23.0 Å². The van der Waals surface area contributed by atoms with Gasteiger partial charge >= 0.3 is 0 Å². The first kappa shape index (κ1) is 19.8. The van der Waals surface area contributed by atoms with Crippen LogP contribution >= 0.6 is 0 Å². The zero-order chi connectivity index (χ0) is 20.5. The summed E-state index contributed by atoms with van der Waals surface area (Å²) in [5.41, 5.74) is 2.56. The van der Waals surface area contributed by atoms with Gasteiger partial charge in [0.25, 0.3) is 5.56 Å². The molecular formula is C20H21N3O4S. The maximum atomic E-state index is 12.6. The number of nitrogens with zero attached hydrogens (tertiary/aromatic N) is 2. The van der Waals surface area contributed by atoms with Gasteiger partial charge in [0.15, 0.2) is 9.84 Å². The van der Waals surface area contributed by atoms with Crippen LogP contribution in [-0.4, -0.2) is 30.1 Å². The maximum absolute atomic E-state index is 12.6. The van der Waals surface area contributed by atoms with Crippen molar-refractivity contribution in [1.29, 1.82) is 0 Å². The van der Waals surface area contributed by atoms with Crippen LogP contribution in [-0.2, 0) is 21.2 Å². The van der Waals surface area contributed by atoms with E-state index in [9.17, 15) is 18.0 Å². The lowest BCUT2D eigenvalue weighted by atomic mass is 10.1. The van der Waals surface area contributed by atoms with E-state index in [2.05, 4.69) is 10.3 Å². The Kier molecular flexibility index (Phi) is 5.33. The summed E-state index contributed by atoms with van der Waals surface area (Å²) >= 11 is 0. The van der Waals surface area contributed by atoms with Gasteiger partial charge in [-0.1, -0.05) is 18.2 Å². The first-order valence-electron chi connectivity index (χ1n) is 8.72. The molecular weight excluding hydrogens is 378 g/mol. The van der Waals surface area contributed by atoms with Crippen LogP contribution in [0.2, 0.25) is 0 Å². The molecule has 1 heterocycles. The molecule has 0 aliphatic rings. The highest BCUT2D eigenvalue weighted by molar-refractivity contribution is 7.90. The monoisotopic (exact) mass is 399 g/mol. The first-order chi connectivity index (χ1) is 13.2. The van der Waals surface area contributed by atoms with E-state index >= 15 is 0 Å². The third-order valence-corrected chi connectivity index (χ3v) is 5.66. The second kappa shape index (κ2) is 7.55. The molecule has 1 aromatic heterocycles. The van der Waals surface area contributed by atoms with Gasteiger partial charge in [0, 0.05) is 24.9 Å². The predicted molar refractivity (Wildman–Crippen MR) is 108 cm³/mol. The Morgan fingerprint density at radius 1 is 1.14 bits per heavy atom. The fraction of sp³-hybridized carbons (Fsp3) is 0.250. The van der Waals surface area contributed by atoms with E-state index in [-0.39, 0.29) is 29.3 Å². The molecule has 0 aliphatic carbocycles. The molecule has 3 aromatic rings. The minimum absolute atomic E-state index is 0.0570. The number of carbonyl (C=O) groups is 1. The zero-order valence-corrected chi connectivity index (χ0v) is 16.7. The highest BCUT2D eigenvalue weighted by Crippen LogP contribution is 2.20. The van der Waals surface area contributed by atoms with E-state index in [4.69, 9.17) is 0 Å². The number of nitrogens with one attached hydrogen (secondary N) is 1. The average Bonchev–Trinajstić information content (AvgIpc) is 2.63. The molecule has 8 heteroatoms. The number of hydrogen-bond donors (Lipinski definition) is 1. The topological polar surface area (TPSA) is 98.1 Å². The van der Waals surface area contributed by atoms with Crippen molar-refractivity contribution in [1.82, 2.24) is 9.55 Å². The van der Waals surface area contributed by atoms with Crippen molar-refractivity contribution in [3.05, 3.63) is 64.2 Å². The number of amides is 1. The number of fused-ring (bicyclic) bond motifs is 1. The molecule has 28 heavy (non-hydrogen) atoms. The largest absolute Gasteiger partial charge is 0.326 e. The first-order valence-corrected chi connectivity index (χ1v) is 10.6. The van der Waals surface area contributed by atoms with E-state index in [0.717, 1.165) is 17.4 Å². The number of sulfone groups is 1. The Morgan fingerprint density at radius 2 is 1.89 bits per heavy atom.